The summed E-state index contributed by atoms with van der Waals surface area (Å²) in [5, 5.41) is 7.38. The molecule has 1 aromatic heterocycles. The molecule has 1 amide bonds. The molecule has 0 bridgehead atoms. The van der Waals surface area contributed by atoms with Crippen molar-refractivity contribution >= 4 is 18.3 Å². The Morgan fingerprint density at radius 1 is 1.26 bits per heavy atom. The number of morpholine rings is 1. The number of aromatic nitrogens is 2. The fourth-order valence-corrected chi connectivity index (χ4v) is 3.24. The highest BCUT2D eigenvalue weighted by Crippen LogP contribution is 2.39. The number of piperidine rings is 1. The van der Waals surface area contributed by atoms with Crippen LogP contribution in [0.5, 0.6) is 0 Å². The molecule has 2 aliphatic heterocycles. The number of rotatable bonds is 3. The van der Waals surface area contributed by atoms with Crippen molar-refractivity contribution in [1.29, 1.82) is 0 Å². The normalized spacial score (nSPS) is 28.3. The fourth-order valence-electron chi connectivity index (χ4n) is 3.24. The summed E-state index contributed by atoms with van der Waals surface area (Å²) < 4.78 is 10.7. The molecule has 1 aromatic rings. The molecule has 1 saturated carbocycles. The van der Waals surface area contributed by atoms with Gasteiger partial charge in [-0.3, -0.25) is 4.79 Å². The maximum Gasteiger partial charge on any atom is 0.242 e. The molecule has 2 atom stereocenters. The van der Waals surface area contributed by atoms with E-state index < -0.39 is 0 Å². The van der Waals surface area contributed by atoms with Gasteiger partial charge in [-0.05, 0) is 25.7 Å². The van der Waals surface area contributed by atoms with E-state index in [-0.39, 0.29) is 30.3 Å². The number of hydrogen-bond donors (Lipinski definition) is 1. The lowest BCUT2D eigenvalue weighted by atomic mass is 9.96. The van der Waals surface area contributed by atoms with E-state index in [2.05, 4.69) is 15.5 Å². The van der Waals surface area contributed by atoms with Crippen LogP contribution in [0, 0.1) is 0 Å². The third-order valence-corrected chi connectivity index (χ3v) is 4.70. The summed E-state index contributed by atoms with van der Waals surface area (Å²) in [5.74, 6) is 2.35. The highest BCUT2D eigenvalue weighted by Gasteiger charge is 2.34. The number of likely N-dealkylation sites (tertiary alicyclic amines) is 1. The Labute approximate surface area is 141 Å². The largest absolute Gasteiger partial charge is 0.378 e. The van der Waals surface area contributed by atoms with Gasteiger partial charge in [0.15, 0.2) is 5.82 Å². The van der Waals surface area contributed by atoms with Crippen LogP contribution in [0.25, 0.3) is 0 Å². The predicted octanol–water partition coefficient (Wildman–Crippen LogP) is 1.06. The average molecular weight is 343 g/mol. The average Bonchev–Trinajstić information content (AvgIpc) is 3.32. The van der Waals surface area contributed by atoms with Crippen LogP contribution in [0.2, 0.25) is 0 Å². The number of halogens is 1. The van der Waals surface area contributed by atoms with Gasteiger partial charge in [-0.15, -0.1) is 12.4 Å². The Kier molecular flexibility index (Phi) is 5.18. The standard InChI is InChI=1S/C15H22N4O3.ClH/c20-15(12-9-21-7-5-16-12)19-6-1-2-11(8-19)13-17-14(22-18-13)10-3-4-10;/h10-12,16H,1-9H2;1H. The molecule has 1 aliphatic carbocycles. The number of hydrogen-bond acceptors (Lipinski definition) is 6. The van der Waals surface area contributed by atoms with Crippen molar-refractivity contribution < 1.29 is 14.1 Å². The van der Waals surface area contributed by atoms with E-state index in [1.807, 2.05) is 4.90 Å². The van der Waals surface area contributed by atoms with Crippen LogP contribution in [-0.2, 0) is 9.53 Å². The lowest BCUT2D eigenvalue weighted by molar-refractivity contribution is -0.137. The fraction of sp³-hybridized carbons (Fsp3) is 0.800. The first-order valence-electron chi connectivity index (χ1n) is 8.24. The van der Waals surface area contributed by atoms with Gasteiger partial charge in [0.25, 0.3) is 0 Å². The molecular weight excluding hydrogens is 320 g/mol. The van der Waals surface area contributed by atoms with Crippen LogP contribution in [0.15, 0.2) is 4.52 Å². The van der Waals surface area contributed by atoms with E-state index in [1.165, 1.54) is 0 Å². The molecule has 3 heterocycles. The minimum Gasteiger partial charge on any atom is -0.378 e. The van der Waals surface area contributed by atoms with E-state index in [1.54, 1.807) is 0 Å². The molecule has 2 unspecified atom stereocenters. The second-order valence-electron chi connectivity index (χ2n) is 6.47. The number of nitrogens with zero attached hydrogens (tertiary/aromatic N) is 3. The van der Waals surface area contributed by atoms with E-state index in [0.717, 1.165) is 50.5 Å². The smallest absolute Gasteiger partial charge is 0.242 e. The molecule has 23 heavy (non-hydrogen) atoms. The molecule has 128 valence electrons. The summed E-state index contributed by atoms with van der Waals surface area (Å²) >= 11 is 0. The summed E-state index contributed by atoms with van der Waals surface area (Å²) in [6.07, 6.45) is 4.31. The van der Waals surface area contributed by atoms with Gasteiger partial charge in [0, 0.05) is 31.5 Å². The number of ether oxygens (including phenoxy) is 1. The van der Waals surface area contributed by atoms with Gasteiger partial charge >= 0.3 is 0 Å². The van der Waals surface area contributed by atoms with Gasteiger partial charge in [0.1, 0.15) is 6.04 Å². The van der Waals surface area contributed by atoms with Crippen molar-refractivity contribution in [2.75, 3.05) is 32.8 Å². The number of amides is 1. The van der Waals surface area contributed by atoms with E-state index in [4.69, 9.17) is 9.26 Å². The zero-order chi connectivity index (χ0) is 14.9. The second-order valence-corrected chi connectivity index (χ2v) is 6.47. The Bertz CT molecular complexity index is 543. The first-order valence-corrected chi connectivity index (χ1v) is 8.24. The monoisotopic (exact) mass is 342 g/mol. The minimum atomic E-state index is -0.209. The zero-order valence-electron chi connectivity index (χ0n) is 13.1. The first kappa shape index (κ1) is 16.7. The summed E-state index contributed by atoms with van der Waals surface area (Å²) in [7, 11) is 0. The van der Waals surface area contributed by atoms with Crippen LogP contribution >= 0.6 is 12.4 Å². The lowest BCUT2D eigenvalue weighted by Gasteiger charge is -2.35. The van der Waals surface area contributed by atoms with Crippen molar-refractivity contribution in [3.8, 4) is 0 Å². The Morgan fingerprint density at radius 2 is 2.13 bits per heavy atom. The number of carbonyl (C=O) groups is 1. The molecule has 1 N–H and O–H groups in total. The first-order chi connectivity index (χ1) is 10.8. The van der Waals surface area contributed by atoms with E-state index in [9.17, 15) is 4.79 Å². The van der Waals surface area contributed by atoms with Crippen LogP contribution < -0.4 is 5.32 Å². The summed E-state index contributed by atoms with van der Waals surface area (Å²) in [6.45, 7) is 3.37. The highest BCUT2D eigenvalue weighted by molar-refractivity contribution is 5.85. The number of nitrogens with one attached hydrogen (secondary N) is 1. The molecule has 3 fully saturated rings. The van der Waals surface area contributed by atoms with E-state index in [0.29, 0.717) is 25.7 Å². The predicted molar refractivity (Wildman–Crippen MR) is 84.7 cm³/mol. The Balaban J connectivity index is 0.00000156. The third-order valence-electron chi connectivity index (χ3n) is 4.70. The van der Waals surface area contributed by atoms with Gasteiger partial charge in [-0.25, -0.2) is 0 Å². The molecule has 2 saturated heterocycles. The molecule has 7 nitrogen and oxygen atoms in total. The Hall–Kier alpha value is -1.18. The third kappa shape index (κ3) is 3.67. The van der Waals surface area contributed by atoms with Crippen LogP contribution in [0.3, 0.4) is 0 Å². The topological polar surface area (TPSA) is 80.5 Å². The SMILES string of the molecule is Cl.O=C(C1COCCN1)N1CCCC(c2noc(C3CC3)n2)C1. The molecule has 4 rings (SSSR count). The van der Waals surface area contributed by atoms with Crippen molar-refractivity contribution in [3.63, 3.8) is 0 Å². The van der Waals surface area contributed by atoms with Crippen molar-refractivity contribution in [3.05, 3.63) is 11.7 Å². The Morgan fingerprint density at radius 3 is 2.87 bits per heavy atom. The summed E-state index contributed by atoms with van der Waals surface area (Å²) in [4.78, 5) is 19.0. The maximum atomic E-state index is 12.6. The summed E-state index contributed by atoms with van der Waals surface area (Å²) in [5.41, 5.74) is 0. The van der Waals surface area contributed by atoms with Crippen LogP contribution in [0.4, 0.5) is 0 Å². The minimum absolute atomic E-state index is 0. The molecule has 0 radical (unpaired) electrons. The van der Waals surface area contributed by atoms with E-state index >= 15 is 0 Å². The maximum absolute atomic E-state index is 12.6. The zero-order valence-corrected chi connectivity index (χ0v) is 13.9. The molecule has 0 aromatic carbocycles. The van der Waals surface area contributed by atoms with Crippen molar-refractivity contribution in [2.24, 2.45) is 0 Å². The van der Waals surface area contributed by atoms with Gasteiger partial charge < -0.3 is 19.5 Å². The van der Waals surface area contributed by atoms with Crippen molar-refractivity contribution in [1.82, 2.24) is 20.4 Å². The molecule has 0 spiro atoms. The second kappa shape index (κ2) is 7.15. The van der Waals surface area contributed by atoms with Gasteiger partial charge in [0.05, 0.1) is 13.2 Å². The quantitative estimate of drug-likeness (QED) is 0.884. The van der Waals surface area contributed by atoms with Crippen LogP contribution in [0.1, 0.15) is 49.2 Å². The van der Waals surface area contributed by atoms with Crippen molar-refractivity contribution in [2.45, 2.75) is 43.6 Å². The summed E-state index contributed by atoms with van der Waals surface area (Å²) in [6, 6.07) is -0.209. The molecule has 3 aliphatic rings. The molecule has 8 heteroatoms. The van der Waals surface area contributed by atoms with Gasteiger partial charge in [-0.2, -0.15) is 4.98 Å². The number of carbonyl (C=O) groups excluding carboxylic acids is 1. The lowest BCUT2D eigenvalue weighted by Crippen LogP contribution is -2.54. The van der Waals surface area contributed by atoms with Gasteiger partial charge in [-0.1, -0.05) is 5.16 Å². The van der Waals surface area contributed by atoms with Crippen LogP contribution in [-0.4, -0.2) is 59.8 Å². The highest BCUT2D eigenvalue weighted by atomic mass is 35.5. The molecular formula is C15H23ClN4O3. The van der Waals surface area contributed by atoms with Gasteiger partial charge in [0.2, 0.25) is 11.8 Å².